The van der Waals surface area contributed by atoms with Crippen LogP contribution in [0.5, 0.6) is 0 Å². The number of nitrogens with zero attached hydrogens (tertiary/aromatic N) is 2. The number of hydrogen-bond donors (Lipinski definition) is 0. The van der Waals surface area contributed by atoms with Crippen molar-refractivity contribution in [2.45, 2.75) is 0 Å². The maximum absolute atomic E-state index is 5.48. The fourth-order valence-corrected chi connectivity index (χ4v) is 2.19. The van der Waals surface area contributed by atoms with Gasteiger partial charge in [0.25, 0.3) is 0 Å². The highest BCUT2D eigenvalue weighted by Crippen LogP contribution is 2.29. The van der Waals surface area contributed by atoms with Gasteiger partial charge in [0.2, 0.25) is 0 Å². The zero-order valence-electron chi connectivity index (χ0n) is 10.5. The van der Waals surface area contributed by atoms with Gasteiger partial charge in [-0.05, 0) is 30.3 Å². The first kappa shape index (κ1) is 11.0. The van der Waals surface area contributed by atoms with E-state index in [9.17, 15) is 0 Å². The normalized spacial score (nSPS) is 11.0. The van der Waals surface area contributed by atoms with Crippen molar-refractivity contribution in [2.24, 2.45) is 0 Å². The van der Waals surface area contributed by atoms with Gasteiger partial charge in [-0.1, -0.05) is 18.2 Å². The molecule has 0 bridgehead atoms. The van der Waals surface area contributed by atoms with Crippen LogP contribution >= 0.6 is 0 Å². The van der Waals surface area contributed by atoms with Crippen LogP contribution in [0.15, 0.2) is 69.9 Å². The minimum Gasteiger partial charge on any atom is -0.463 e. The molecule has 4 rings (SSSR count). The van der Waals surface area contributed by atoms with E-state index in [1.165, 1.54) is 0 Å². The summed E-state index contributed by atoms with van der Waals surface area (Å²) < 4.78 is 10.9. The van der Waals surface area contributed by atoms with Crippen LogP contribution < -0.4 is 0 Å². The molecule has 4 aromatic rings. The van der Waals surface area contributed by atoms with Gasteiger partial charge < -0.3 is 8.83 Å². The van der Waals surface area contributed by atoms with Gasteiger partial charge in [-0.2, -0.15) is 0 Å². The Morgan fingerprint density at radius 2 is 1.45 bits per heavy atom. The quantitative estimate of drug-likeness (QED) is 0.544. The lowest BCUT2D eigenvalue weighted by Crippen LogP contribution is -1.93. The molecule has 4 heteroatoms. The van der Waals surface area contributed by atoms with Crippen LogP contribution in [0.25, 0.3) is 33.9 Å². The minimum absolute atomic E-state index is 0.556. The molecule has 0 aliphatic rings. The van der Waals surface area contributed by atoms with Gasteiger partial charge in [0.05, 0.1) is 18.0 Å². The van der Waals surface area contributed by atoms with Crippen LogP contribution in [-0.2, 0) is 0 Å². The number of para-hydroxylation sites is 1. The number of aromatic nitrogens is 2. The molecule has 96 valence electrons. The molecular formula is C16H10N2O2. The lowest BCUT2D eigenvalue weighted by molar-refractivity contribution is 0.574. The molecule has 0 radical (unpaired) electrons. The van der Waals surface area contributed by atoms with Crippen molar-refractivity contribution >= 4 is 10.9 Å². The first-order valence-corrected chi connectivity index (χ1v) is 6.26. The Kier molecular flexibility index (Phi) is 2.39. The summed E-state index contributed by atoms with van der Waals surface area (Å²) in [5.74, 6) is 1.92. The van der Waals surface area contributed by atoms with E-state index < -0.39 is 0 Å². The number of rotatable bonds is 2. The Morgan fingerprint density at radius 3 is 2.20 bits per heavy atom. The van der Waals surface area contributed by atoms with E-state index >= 15 is 0 Å². The monoisotopic (exact) mass is 262 g/mol. The number of furan rings is 2. The van der Waals surface area contributed by atoms with Crippen LogP contribution in [-0.4, -0.2) is 9.97 Å². The largest absolute Gasteiger partial charge is 0.463 e. The van der Waals surface area contributed by atoms with Crippen molar-refractivity contribution in [3.8, 4) is 23.0 Å². The molecule has 3 aromatic heterocycles. The van der Waals surface area contributed by atoms with Crippen molar-refractivity contribution < 1.29 is 8.83 Å². The second-order valence-electron chi connectivity index (χ2n) is 4.37. The molecule has 1 aromatic carbocycles. The molecule has 20 heavy (non-hydrogen) atoms. The molecule has 3 heterocycles. The third kappa shape index (κ3) is 1.70. The van der Waals surface area contributed by atoms with Gasteiger partial charge in [-0.25, -0.2) is 9.97 Å². The van der Waals surface area contributed by atoms with Crippen molar-refractivity contribution in [1.29, 1.82) is 0 Å². The zero-order chi connectivity index (χ0) is 13.4. The van der Waals surface area contributed by atoms with Gasteiger partial charge >= 0.3 is 0 Å². The summed E-state index contributed by atoms with van der Waals surface area (Å²) in [4.78, 5) is 9.13. The molecule has 0 unspecified atom stereocenters. The number of benzene rings is 1. The smallest absolute Gasteiger partial charge is 0.196 e. The number of fused-ring (bicyclic) bond motifs is 1. The second-order valence-corrected chi connectivity index (χ2v) is 4.37. The SMILES string of the molecule is c1coc(-c2nc(-c3ccco3)c3ccccc3n2)c1. The topological polar surface area (TPSA) is 52.1 Å². The molecule has 0 aliphatic heterocycles. The van der Waals surface area contributed by atoms with Crippen molar-refractivity contribution in [3.05, 3.63) is 61.1 Å². The van der Waals surface area contributed by atoms with E-state index in [-0.39, 0.29) is 0 Å². The van der Waals surface area contributed by atoms with Gasteiger partial charge in [-0.15, -0.1) is 0 Å². The summed E-state index contributed by atoms with van der Waals surface area (Å²) in [6.45, 7) is 0. The molecule has 0 atom stereocenters. The lowest BCUT2D eigenvalue weighted by Gasteiger charge is -2.05. The summed E-state index contributed by atoms with van der Waals surface area (Å²) >= 11 is 0. The summed E-state index contributed by atoms with van der Waals surface area (Å²) in [5.41, 5.74) is 1.63. The second kappa shape index (κ2) is 4.35. The van der Waals surface area contributed by atoms with Crippen molar-refractivity contribution in [2.75, 3.05) is 0 Å². The summed E-state index contributed by atoms with van der Waals surface area (Å²) in [6.07, 6.45) is 3.25. The van der Waals surface area contributed by atoms with Crippen molar-refractivity contribution in [3.63, 3.8) is 0 Å². The van der Waals surface area contributed by atoms with Crippen LogP contribution in [0.2, 0.25) is 0 Å². The van der Waals surface area contributed by atoms with Gasteiger partial charge in [0.1, 0.15) is 5.69 Å². The number of hydrogen-bond acceptors (Lipinski definition) is 4. The zero-order valence-corrected chi connectivity index (χ0v) is 10.5. The first-order chi connectivity index (χ1) is 9.92. The van der Waals surface area contributed by atoms with Gasteiger partial charge in [0, 0.05) is 5.39 Å². The Hall–Kier alpha value is -2.88. The highest BCUT2D eigenvalue weighted by atomic mass is 16.3. The van der Waals surface area contributed by atoms with Crippen LogP contribution in [0.1, 0.15) is 0 Å². The van der Waals surface area contributed by atoms with E-state index in [0.717, 1.165) is 22.4 Å². The van der Waals surface area contributed by atoms with Crippen LogP contribution in [0, 0.1) is 0 Å². The highest BCUT2D eigenvalue weighted by molar-refractivity contribution is 5.92. The average molecular weight is 262 g/mol. The Morgan fingerprint density at radius 1 is 0.700 bits per heavy atom. The molecule has 0 N–H and O–H groups in total. The fourth-order valence-electron chi connectivity index (χ4n) is 2.19. The lowest BCUT2D eigenvalue weighted by atomic mass is 10.1. The third-order valence-corrected chi connectivity index (χ3v) is 3.10. The molecule has 0 aliphatic carbocycles. The molecule has 4 nitrogen and oxygen atoms in total. The third-order valence-electron chi connectivity index (χ3n) is 3.10. The van der Waals surface area contributed by atoms with Gasteiger partial charge in [0.15, 0.2) is 17.3 Å². The Labute approximate surface area is 114 Å². The van der Waals surface area contributed by atoms with E-state index in [1.807, 2.05) is 48.5 Å². The predicted octanol–water partition coefficient (Wildman–Crippen LogP) is 4.15. The summed E-state index contributed by atoms with van der Waals surface area (Å²) in [6, 6.07) is 15.3. The van der Waals surface area contributed by atoms with Gasteiger partial charge in [-0.3, -0.25) is 0 Å². The highest BCUT2D eigenvalue weighted by Gasteiger charge is 2.13. The maximum atomic E-state index is 5.48. The van der Waals surface area contributed by atoms with Crippen molar-refractivity contribution in [1.82, 2.24) is 9.97 Å². The van der Waals surface area contributed by atoms with E-state index in [0.29, 0.717) is 11.6 Å². The van der Waals surface area contributed by atoms with E-state index in [1.54, 1.807) is 12.5 Å². The van der Waals surface area contributed by atoms with E-state index in [4.69, 9.17) is 8.83 Å². The molecule has 0 spiro atoms. The molecule has 0 saturated carbocycles. The molecule has 0 saturated heterocycles. The summed E-state index contributed by atoms with van der Waals surface area (Å²) in [5, 5.41) is 0.956. The van der Waals surface area contributed by atoms with Crippen LogP contribution in [0.3, 0.4) is 0 Å². The minimum atomic E-state index is 0.556. The van der Waals surface area contributed by atoms with Crippen LogP contribution in [0.4, 0.5) is 0 Å². The molecule has 0 amide bonds. The average Bonchev–Trinajstić information content (AvgIpc) is 3.19. The Balaban J connectivity index is 2.05. The maximum Gasteiger partial charge on any atom is 0.196 e. The molecule has 0 fully saturated rings. The molecular weight excluding hydrogens is 252 g/mol. The van der Waals surface area contributed by atoms with E-state index in [2.05, 4.69) is 9.97 Å². The fraction of sp³-hybridized carbons (Fsp3) is 0. The predicted molar refractivity (Wildman–Crippen MR) is 74.9 cm³/mol. The Bertz CT molecular complexity index is 849. The standard InChI is InChI=1S/C16H10N2O2/c1-2-6-12-11(5-1)15(13-7-3-9-19-13)18-16(17-12)14-8-4-10-20-14/h1-10H. The first-order valence-electron chi connectivity index (χ1n) is 6.26. The summed E-state index contributed by atoms with van der Waals surface area (Å²) in [7, 11) is 0.